The van der Waals surface area contributed by atoms with Crippen molar-refractivity contribution in [3.63, 3.8) is 0 Å². The van der Waals surface area contributed by atoms with Crippen LogP contribution in [0.5, 0.6) is 0 Å². The maximum absolute atomic E-state index is 8.84. The van der Waals surface area contributed by atoms with Crippen LogP contribution in [0, 0.1) is 17.2 Å². The minimum absolute atomic E-state index is 0.215. The van der Waals surface area contributed by atoms with Crippen LogP contribution in [-0.4, -0.2) is 34.8 Å². The minimum Gasteiger partial charge on any atom is -0.396 e. The Morgan fingerprint density at radius 3 is 3.00 bits per heavy atom. The fourth-order valence-corrected chi connectivity index (χ4v) is 1.45. The standard InChI is InChI=1S/C9H10N4O/c10-2-8-1-9(12-6-11-8)13-3-7(4-13)5-14/h1,6-7,14H,3-5H2. The Hall–Kier alpha value is -1.67. The normalized spacial score (nSPS) is 16.1. The van der Waals surface area contributed by atoms with Gasteiger partial charge in [0.15, 0.2) is 0 Å². The highest BCUT2D eigenvalue weighted by atomic mass is 16.3. The van der Waals surface area contributed by atoms with Crippen LogP contribution in [0.2, 0.25) is 0 Å². The van der Waals surface area contributed by atoms with Crippen LogP contribution in [0.1, 0.15) is 5.69 Å². The molecular weight excluding hydrogens is 180 g/mol. The topological polar surface area (TPSA) is 73.0 Å². The lowest BCUT2D eigenvalue weighted by Crippen LogP contribution is -2.48. The third kappa shape index (κ3) is 1.52. The van der Waals surface area contributed by atoms with Gasteiger partial charge in [0, 0.05) is 31.7 Å². The van der Waals surface area contributed by atoms with E-state index in [4.69, 9.17) is 10.4 Å². The molecule has 0 spiro atoms. The summed E-state index contributed by atoms with van der Waals surface area (Å²) in [6.07, 6.45) is 1.39. The summed E-state index contributed by atoms with van der Waals surface area (Å²) in [5, 5.41) is 17.5. The van der Waals surface area contributed by atoms with Crippen molar-refractivity contribution in [3.05, 3.63) is 18.1 Å². The molecule has 1 saturated heterocycles. The molecule has 0 unspecified atom stereocenters. The molecule has 1 N–H and O–H groups in total. The first-order valence-electron chi connectivity index (χ1n) is 4.41. The molecule has 0 bridgehead atoms. The second-order valence-corrected chi connectivity index (χ2v) is 3.33. The van der Waals surface area contributed by atoms with E-state index in [1.54, 1.807) is 6.07 Å². The molecule has 14 heavy (non-hydrogen) atoms. The van der Waals surface area contributed by atoms with Crippen molar-refractivity contribution in [2.24, 2.45) is 5.92 Å². The Kier molecular flexibility index (Phi) is 2.29. The van der Waals surface area contributed by atoms with Crippen molar-refractivity contribution in [2.45, 2.75) is 0 Å². The summed E-state index contributed by atoms with van der Waals surface area (Å²) in [5.41, 5.74) is 0.377. The third-order valence-corrected chi connectivity index (χ3v) is 2.31. The highest BCUT2D eigenvalue weighted by molar-refractivity contribution is 5.44. The van der Waals surface area contributed by atoms with Gasteiger partial charge in [-0.05, 0) is 0 Å². The zero-order valence-corrected chi connectivity index (χ0v) is 7.59. The average Bonchev–Trinajstić information content (AvgIpc) is 2.17. The Morgan fingerprint density at radius 1 is 1.57 bits per heavy atom. The van der Waals surface area contributed by atoms with Gasteiger partial charge < -0.3 is 10.0 Å². The number of hydrogen-bond acceptors (Lipinski definition) is 5. The van der Waals surface area contributed by atoms with Gasteiger partial charge in [-0.2, -0.15) is 5.26 Å². The number of hydrogen-bond donors (Lipinski definition) is 1. The summed E-state index contributed by atoms with van der Waals surface area (Å²) in [4.78, 5) is 9.87. The minimum atomic E-state index is 0.215. The van der Waals surface area contributed by atoms with Gasteiger partial charge >= 0.3 is 0 Å². The molecule has 1 aromatic rings. The van der Waals surface area contributed by atoms with Crippen molar-refractivity contribution in [2.75, 3.05) is 24.6 Å². The molecule has 5 nitrogen and oxygen atoms in total. The maximum Gasteiger partial charge on any atom is 0.145 e. The quantitative estimate of drug-likeness (QED) is 0.697. The summed E-state index contributed by atoms with van der Waals surface area (Å²) < 4.78 is 0. The number of nitrogens with zero attached hydrogens (tertiary/aromatic N) is 4. The first-order valence-corrected chi connectivity index (χ1v) is 4.41. The number of nitriles is 1. The lowest BCUT2D eigenvalue weighted by Gasteiger charge is -2.39. The fraction of sp³-hybridized carbons (Fsp3) is 0.444. The number of rotatable bonds is 2. The van der Waals surface area contributed by atoms with Crippen molar-refractivity contribution in [1.29, 1.82) is 5.26 Å². The van der Waals surface area contributed by atoms with Crippen LogP contribution in [0.3, 0.4) is 0 Å². The zero-order valence-electron chi connectivity index (χ0n) is 7.59. The first kappa shape index (κ1) is 8.91. The second kappa shape index (κ2) is 3.60. The molecular formula is C9H10N4O. The Balaban J connectivity index is 2.08. The van der Waals surface area contributed by atoms with Gasteiger partial charge in [-0.1, -0.05) is 0 Å². The molecule has 0 radical (unpaired) electrons. The van der Waals surface area contributed by atoms with Crippen LogP contribution in [0.25, 0.3) is 0 Å². The van der Waals surface area contributed by atoms with E-state index in [2.05, 4.69) is 9.97 Å². The highest BCUT2D eigenvalue weighted by Crippen LogP contribution is 2.21. The maximum atomic E-state index is 8.84. The van der Waals surface area contributed by atoms with E-state index < -0.39 is 0 Å². The Bertz CT molecular complexity index is 367. The summed E-state index contributed by atoms with van der Waals surface area (Å²) in [6, 6.07) is 3.63. The largest absolute Gasteiger partial charge is 0.396 e. The van der Waals surface area contributed by atoms with E-state index in [1.165, 1.54) is 6.33 Å². The summed E-state index contributed by atoms with van der Waals surface area (Å²) in [6.45, 7) is 1.82. The van der Waals surface area contributed by atoms with Crippen LogP contribution in [0.15, 0.2) is 12.4 Å². The van der Waals surface area contributed by atoms with E-state index in [9.17, 15) is 0 Å². The molecule has 0 aliphatic carbocycles. The van der Waals surface area contributed by atoms with E-state index >= 15 is 0 Å². The molecule has 72 valence electrons. The highest BCUT2D eigenvalue weighted by Gasteiger charge is 2.26. The van der Waals surface area contributed by atoms with Crippen LogP contribution in [-0.2, 0) is 0 Å². The Labute approximate surface area is 81.6 Å². The predicted molar refractivity (Wildman–Crippen MR) is 49.5 cm³/mol. The van der Waals surface area contributed by atoms with Crippen molar-refractivity contribution in [1.82, 2.24) is 9.97 Å². The number of aliphatic hydroxyl groups is 1. The van der Waals surface area contributed by atoms with Gasteiger partial charge in [0.25, 0.3) is 0 Å². The number of aromatic nitrogens is 2. The summed E-state index contributed by atoms with van der Waals surface area (Å²) in [7, 11) is 0. The lowest BCUT2D eigenvalue weighted by atomic mass is 10.0. The van der Waals surface area contributed by atoms with E-state index in [0.717, 1.165) is 18.9 Å². The van der Waals surface area contributed by atoms with Crippen LogP contribution < -0.4 is 4.90 Å². The van der Waals surface area contributed by atoms with Gasteiger partial charge in [0.2, 0.25) is 0 Å². The summed E-state index contributed by atoms with van der Waals surface area (Å²) in [5.74, 6) is 1.11. The predicted octanol–water partition coefficient (Wildman–Crippen LogP) is -0.223. The van der Waals surface area contributed by atoms with Gasteiger partial charge in [-0.15, -0.1) is 0 Å². The van der Waals surface area contributed by atoms with E-state index in [-0.39, 0.29) is 6.61 Å². The van der Waals surface area contributed by atoms with E-state index in [1.807, 2.05) is 11.0 Å². The SMILES string of the molecule is N#Cc1cc(N2CC(CO)C2)ncn1. The molecule has 0 aromatic carbocycles. The van der Waals surface area contributed by atoms with Gasteiger partial charge in [0.1, 0.15) is 23.9 Å². The smallest absolute Gasteiger partial charge is 0.145 e. The van der Waals surface area contributed by atoms with Crippen molar-refractivity contribution in [3.8, 4) is 6.07 Å². The molecule has 2 rings (SSSR count). The fourth-order valence-electron chi connectivity index (χ4n) is 1.45. The van der Waals surface area contributed by atoms with Gasteiger partial charge in [-0.25, -0.2) is 9.97 Å². The van der Waals surface area contributed by atoms with Gasteiger partial charge in [-0.3, -0.25) is 0 Å². The summed E-state index contributed by atoms with van der Waals surface area (Å²) >= 11 is 0. The molecule has 1 fully saturated rings. The Morgan fingerprint density at radius 2 is 2.36 bits per heavy atom. The first-order chi connectivity index (χ1) is 6.83. The zero-order chi connectivity index (χ0) is 9.97. The van der Waals surface area contributed by atoms with Crippen molar-refractivity contribution < 1.29 is 5.11 Å². The molecule has 1 aromatic heterocycles. The van der Waals surface area contributed by atoms with Gasteiger partial charge in [0.05, 0.1) is 0 Å². The van der Waals surface area contributed by atoms with Crippen LogP contribution >= 0.6 is 0 Å². The molecule has 0 saturated carbocycles. The second-order valence-electron chi connectivity index (χ2n) is 3.33. The number of anilines is 1. The molecule has 1 aliphatic heterocycles. The molecule has 0 amide bonds. The van der Waals surface area contributed by atoms with E-state index in [0.29, 0.717) is 11.6 Å². The molecule has 5 heteroatoms. The number of aliphatic hydroxyl groups excluding tert-OH is 1. The lowest BCUT2D eigenvalue weighted by molar-refractivity contribution is 0.200. The molecule has 2 heterocycles. The molecule has 0 atom stereocenters. The molecule has 1 aliphatic rings. The average molecular weight is 190 g/mol. The monoisotopic (exact) mass is 190 g/mol. The van der Waals surface area contributed by atoms with Crippen molar-refractivity contribution >= 4 is 5.82 Å². The van der Waals surface area contributed by atoms with Crippen LogP contribution in [0.4, 0.5) is 5.82 Å². The third-order valence-electron chi connectivity index (χ3n) is 2.31.